The highest BCUT2D eigenvalue weighted by Gasteiger charge is 2.36. The maximum atomic E-state index is 13.2. The lowest BCUT2D eigenvalue weighted by atomic mass is 10.1. The smallest absolute Gasteiger partial charge is 0.229 e. The minimum absolute atomic E-state index is 0.0567. The van der Waals surface area contributed by atoms with E-state index in [2.05, 4.69) is 5.32 Å². The van der Waals surface area contributed by atoms with E-state index in [1.165, 1.54) is 37.3 Å². The van der Waals surface area contributed by atoms with Crippen LogP contribution in [0.4, 0.5) is 15.8 Å². The van der Waals surface area contributed by atoms with Crippen LogP contribution in [0.1, 0.15) is 6.42 Å². The van der Waals surface area contributed by atoms with Crippen molar-refractivity contribution >= 4 is 34.8 Å². The maximum absolute atomic E-state index is 13.2. The van der Waals surface area contributed by atoms with Crippen LogP contribution < -0.4 is 19.7 Å². The molecule has 1 unspecified atom stereocenters. The van der Waals surface area contributed by atoms with Crippen molar-refractivity contribution in [2.75, 3.05) is 31.0 Å². The monoisotopic (exact) mass is 392 g/mol. The summed E-state index contributed by atoms with van der Waals surface area (Å²) in [7, 11) is 3.04. The van der Waals surface area contributed by atoms with Crippen LogP contribution in [0.15, 0.2) is 36.4 Å². The number of carbonyl (C=O) groups excluding carboxylic acids is 2. The zero-order valence-corrected chi connectivity index (χ0v) is 15.5. The number of anilines is 2. The second kappa shape index (κ2) is 7.84. The summed E-state index contributed by atoms with van der Waals surface area (Å²) in [6.07, 6.45) is 0.0567. The molecule has 0 spiro atoms. The van der Waals surface area contributed by atoms with Crippen molar-refractivity contribution in [1.82, 2.24) is 0 Å². The van der Waals surface area contributed by atoms with Crippen LogP contribution in [-0.4, -0.2) is 32.6 Å². The Morgan fingerprint density at radius 3 is 2.67 bits per heavy atom. The second-order valence-corrected chi connectivity index (χ2v) is 6.47. The van der Waals surface area contributed by atoms with E-state index in [0.717, 1.165) is 0 Å². The highest BCUT2D eigenvalue weighted by atomic mass is 35.5. The molecule has 1 heterocycles. The first-order valence-electron chi connectivity index (χ1n) is 8.21. The van der Waals surface area contributed by atoms with Gasteiger partial charge in [-0.2, -0.15) is 0 Å². The number of amides is 2. The zero-order valence-electron chi connectivity index (χ0n) is 14.8. The van der Waals surface area contributed by atoms with Crippen LogP contribution in [0.2, 0.25) is 5.02 Å². The van der Waals surface area contributed by atoms with Crippen molar-refractivity contribution in [3.05, 3.63) is 47.2 Å². The van der Waals surface area contributed by atoms with Gasteiger partial charge >= 0.3 is 0 Å². The molecule has 0 aliphatic carbocycles. The number of nitrogens with zero attached hydrogens (tertiary/aromatic N) is 1. The average Bonchev–Trinajstić information content (AvgIpc) is 3.06. The summed E-state index contributed by atoms with van der Waals surface area (Å²) in [5, 5.41) is 2.59. The Morgan fingerprint density at radius 1 is 1.22 bits per heavy atom. The van der Waals surface area contributed by atoms with Crippen molar-refractivity contribution < 1.29 is 23.5 Å². The lowest BCUT2D eigenvalue weighted by Gasteiger charge is -2.20. The number of halogens is 2. The lowest BCUT2D eigenvalue weighted by molar-refractivity contribution is -0.122. The van der Waals surface area contributed by atoms with Crippen LogP contribution in [0, 0.1) is 11.7 Å². The SMILES string of the molecule is COc1ccc(OC)c(N2CC(C(=O)Nc3ccc(F)c(Cl)c3)CC2=O)c1. The molecule has 0 radical (unpaired) electrons. The van der Waals surface area contributed by atoms with Crippen LogP contribution in [0.25, 0.3) is 0 Å². The average molecular weight is 393 g/mol. The van der Waals surface area contributed by atoms with Crippen LogP contribution in [0.3, 0.4) is 0 Å². The van der Waals surface area contributed by atoms with E-state index in [0.29, 0.717) is 22.9 Å². The summed E-state index contributed by atoms with van der Waals surface area (Å²) >= 11 is 5.73. The third kappa shape index (κ3) is 3.98. The Labute approximate surface area is 160 Å². The normalized spacial score (nSPS) is 16.4. The van der Waals surface area contributed by atoms with Gasteiger partial charge in [0.1, 0.15) is 17.3 Å². The van der Waals surface area contributed by atoms with E-state index in [-0.39, 0.29) is 29.8 Å². The molecule has 2 amide bonds. The van der Waals surface area contributed by atoms with Gasteiger partial charge in [0.05, 0.1) is 30.8 Å². The van der Waals surface area contributed by atoms with Crippen molar-refractivity contribution in [1.29, 1.82) is 0 Å². The Kier molecular flexibility index (Phi) is 5.51. The highest BCUT2D eigenvalue weighted by Crippen LogP contribution is 2.36. The number of hydrogen-bond donors (Lipinski definition) is 1. The molecular weight excluding hydrogens is 375 g/mol. The Morgan fingerprint density at radius 2 is 2.00 bits per heavy atom. The second-order valence-electron chi connectivity index (χ2n) is 6.06. The number of hydrogen-bond acceptors (Lipinski definition) is 4. The molecule has 6 nitrogen and oxygen atoms in total. The third-order valence-corrected chi connectivity index (χ3v) is 4.65. The summed E-state index contributed by atoms with van der Waals surface area (Å²) < 4.78 is 23.8. The van der Waals surface area contributed by atoms with Crippen molar-refractivity contribution in [3.8, 4) is 11.5 Å². The molecule has 2 aromatic rings. The number of ether oxygens (including phenoxy) is 2. The van der Waals surface area contributed by atoms with E-state index in [1.807, 2.05) is 0 Å². The largest absolute Gasteiger partial charge is 0.497 e. The van der Waals surface area contributed by atoms with Gasteiger partial charge in [0.2, 0.25) is 11.8 Å². The number of benzene rings is 2. The fourth-order valence-electron chi connectivity index (χ4n) is 2.94. The molecular formula is C19H18ClFN2O4. The molecule has 1 atom stereocenters. The van der Waals surface area contributed by atoms with Crippen molar-refractivity contribution in [2.45, 2.75) is 6.42 Å². The number of carbonyl (C=O) groups is 2. The van der Waals surface area contributed by atoms with Gasteiger partial charge in [-0.1, -0.05) is 11.6 Å². The molecule has 2 aromatic carbocycles. The van der Waals surface area contributed by atoms with Crippen molar-refractivity contribution in [2.24, 2.45) is 5.92 Å². The number of methoxy groups -OCH3 is 2. The molecule has 0 aromatic heterocycles. The van der Waals surface area contributed by atoms with Gasteiger partial charge < -0.3 is 19.7 Å². The maximum Gasteiger partial charge on any atom is 0.229 e. The first kappa shape index (κ1) is 19.0. The van der Waals surface area contributed by atoms with E-state index in [9.17, 15) is 14.0 Å². The fraction of sp³-hybridized carbons (Fsp3) is 0.263. The molecule has 0 bridgehead atoms. The van der Waals surface area contributed by atoms with Gasteiger partial charge in [0, 0.05) is 24.7 Å². The summed E-state index contributed by atoms with van der Waals surface area (Å²) in [5.41, 5.74) is 0.915. The molecule has 0 saturated carbocycles. The number of rotatable bonds is 5. The first-order chi connectivity index (χ1) is 12.9. The van der Waals surface area contributed by atoms with Gasteiger partial charge in [0.25, 0.3) is 0 Å². The minimum Gasteiger partial charge on any atom is -0.497 e. The van der Waals surface area contributed by atoms with Gasteiger partial charge in [0.15, 0.2) is 0 Å². The summed E-state index contributed by atoms with van der Waals surface area (Å²) in [6, 6.07) is 9.04. The van der Waals surface area contributed by atoms with Gasteiger partial charge in [-0.05, 0) is 30.3 Å². The highest BCUT2D eigenvalue weighted by molar-refractivity contribution is 6.31. The van der Waals surface area contributed by atoms with Gasteiger partial charge in [-0.15, -0.1) is 0 Å². The van der Waals surface area contributed by atoms with Crippen LogP contribution >= 0.6 is 11.6 Å². The van der Waals surface area contributed by atoms with Gasteiger partial charge in [-0.25, -0.2) is 4.39 Å². The molecule has 1 N–H and O–H groups in total. The minimum atomic E-state index is -0.568. The third-order valence-electron chi connectivity index (χ3n) is 4.36. The Hall–Kier alpha value is -2.80. The number of nitrogens with one attached hydrogen (secondary N) is 1. The molecule has 3 rings (SSSR count). The Balaban J connectivity index is 1.77. The summed E-state index contributed by atoms with van der Waals surface area (Å²) in [6.45, 7) is 0.198. The van der Waals surface area contributed by atoms with Crippen LogP contribution in [-0.2, 0) is 9.59 Å². The van der Waals surface area contributed by atoms with E-state index in [4.69, 9.17) is 21.1 Å². The molecule has 8 heteroatoms. The van der Waals surface area contributed by atoms with Gasteiger partial charge in [-0.3, -0.25) is 9.59 Å². The topological polar surface area (TPSA) is 67.9 Å². The Bertz CT molecular complexity index is 890. The predicted molar refractivity (Wildman–Crippen MR) is 100 cm³/mol. The van der Waals surface area contributed by atoms with E-state index >= 15 is 0 Å². The molecule has 1 saturated heterocycles. The standard InChI is InChI=1S/C19H18ClFN2O4/c1-26-13-4-6-17(27-2)16(9-13)23-10-11(7-18(23)24)19(25)22-12-3-5-15(21)14(20)8-12/h3-6,8-9,11H,7,10H2,1-2H3,(H,22,25). The molecule has 142 valence electrons. The lowest BCUT2D eigenvalue weighted by Crippen LogP contribution is -2.28. The zero-order chi connectivity index (χ0) is 19.6. The summed E-state index contributed by atoms with van der Waals surface area (Å²) in [4.78, 5) is 26.5. The molecule has 1 fully saturated rings. The first-order valence-corrected chi connectivity index (χ1v) is 8.59. The van der Waals surface area contributed by atoms with Crippen molar-refractivity contribution in [3.63, 3.8) is 0 Å². The van der Waals surface area contributed by atoms with Crippen LogP contribution in [0.5, 0.6) is 11.5 Å². The molecule has 1 aliphatic heterocycles. The molecule has 1 aliphatic rings. The predicted octanol–water partition coefficient (Wildman–Crippen LogP) is 3.49. The summed E-state index contributed by atoms with van der Waals surface area (Å²) in [5.74, 6) is -0.573. The molecule has 27 heavy (non-hydrogen) atoms. The van der Waals surface area contributed by atoms with E-state index in [1.54, 1.807) is 18.2 Å². The fourth-order valence-corrected chi connectivity index (χ4v) is 3.12. The van der Waals surface area contributed by atoms with E-state index < -0.39 is 11.7 Å². The quantitative estimate of drug-likeness (QED) is 0.845.